The van der Waals surface area contributed by atoms with Crippen LogP contribution < -0.4 is 10.2 Å². The molecule has 0 aliphatic heterocycles. The van der Waals surface area contributed by atoms with Crippen molar-refractivity contribution in [2.24, 2.45) is 5.10 Å². The van der Waals surface area contributed by atoms with Gasteiger partial charge in [-0.2, -0.15) is 5.10 Å². The first kappa shape index (κ1) is 19.6. The summed E-state index contributed by atoms with van der Waals surface area (Å²) in [5.41, 5.74) is 3.64. The summed E-state index contributed by atoms with van der Waals surface area (Å²) in [6, 6.07) is 14.8. The van der Waals surface area contributed by atoms with Crippen molar-refractivity contribution in [2.45, 2.75) is 16.7 Å². The van der Waals surface area contributed by atoms with Crippen LogP contribution in [0.25, 0.3) is 0 Å². The highest BCUT2D eigenvalue weighted by Gasteiger charge is 2.09. The lowest BCUT2D eigenvalue weighted by molar-refractivity contribution is -0.110. The van der Waals surface area contributed by atoms with Gasteiger partial charge in [-0.25, -0.2) is 4.21 Å². The van der Waals surface area contributed by atoms with E-state index in [1.54, 1.807) is 13.4 Å². The van der Waals surface area contributed by atoms with Crippen LogP contribution in [0.4, 0.5) is 5.69 Å². The number of benzene rings is 2. The molecule has 0 saturated heterocycles. The van der Waals surface area contributed by atoms with Crippen LogP contribution in [-0.2, 0) is 14.6 Å². The number of nitrogens with one attached hydrogen (secondary N) is 1. The maximum absolute atomic E-state index is 11.8. The van der Waals surface area contributed by atoms with E-state index in [0.717, 1.165) is 21.2 Å². The van der Waals surface area contributed by atoms with Crippen molar-refractivity contribution in [3.63, 3.8) is 0 Å². The molecule has 0 radical (unpaired) electrons. The van der Waals surface area contributed by atoms with E-state index in [0.29, 0.717) is 5.04 Å². The molecule has 0 spiro atoms. The van der Waals surface area contributed by atoms with Gasteiger partial charge in [-0.3, -0.25) is 10.2 Å². The molecule has 0 aromatic heterocycles. The molecule has 8 heteroatoms. The van der Waals surface area contributed by atoms with Crippen molar-refractivity contribution in [1.29, 1.82) is 0 Å². The first-order valence-electron chi connectivity index (χ1n) is 7.26. The van der Waals surface area contributed by atoms with Gasteiger partial charge >= 0.3 is 0 Å². The summed E-state index contributed by atoms with van der Waals surface area (Å²) in [6.07, 6.45) is 1.64. The minimum atomic E-state index is -0.955. The van der Waals surface area contributed by atoms with Crippen LogP contribution in [0.2, 0.25) is 0 Å². The standard InChI is InChI=1S/C17H18N2O3S3/c1-12(20)17(19-18-13-4-6-14(22-2)7-5-13)23-15-8-10-16(11-9-15)24-25(3)21/h4-11,18H,1-3H3. The molecule has 0 fully saturated rings. The number of nitrogens with zero attached hydrogens (tertiary/aromatic N) is 1. The number of rotatable bonds is 7. The minimum Gasteiger partial charge on any atom is -0.497 e. The minimum absolute atomic E-state index is 0.126. The summed E-state index contributed by atoms with van der Waals surface area (Å²) in [5, 5.41) is 4.56. The van der Waals surface area contributed by atoms with Crippen LogP contribution in [0, 0.1) is 0 Å². The number of carbonyl (C=O) groups excluding carboxylic acids is 1. The highest BCUT2D eigenvalue weighted by atomic mass is 33.1. The van der Waals surface area contributed by atoms with Gasteiger partial charge in [0.15, 0.2) is 10.8 Å². The SMILES string of the molecule is COc1ccc(NN=C(Sc2ccc(SS(C)=O)cc2)C(C)=O)cc1. The maximum Gasteiger partial charge on any atom is 0.186 e. The topological polar surface area (TPSA) is 67.8 Å². The lowest BCUT2D eigenvalue weighted by Crippen LogP contribution is -2.08. The van der Waals surface area contributed by atoms with E-state index in [9.17, 15) is 9.00 Å². The molecular formula is C17H18N2O3S3. The van der Waals surface area contributed by atoms with E-state index in [1.807, 2.05) is 48.5 Å². The van der Waals surface area contributed by atoms with Gasteiger partial charge in [-0.05, 0) is 59.3 Å². The Morgan fingerprint density at radius 2 is 1.68 bits per heavy atom. The van der Waals surface area contributed by atoms with E-state index in [-0.39, 0.29) is 5.78 Å². The number of hydrogen-bond donors (Lipinski definition) is 1. The van der Waals surface area contributed by atoms with Crippen LogP contribution >= 0.6 is 22.6 Å². The molecule has 5 nitrogen and oxygen atoms in total. The second kappa shape index (κ2) is 9.65. The average molecular weight is 395 g/mol. The normalized spacial score (nSPS) is 12.5. The third kappa shape index (κ3) is 6.56. The van der Waals surface area contributed by atoms with Crippen molar-refractivity contribution >= 4 is 48.9 Å². The molecule has 0 bridgehead atoms. The molecule has 1 N–H and O–H groups in total. The Labute approximate surface area is 157 Å². The Balaban J connectivity index is 2.06. The van der Waals surface area contributed by atoms with Crippen LogP contribution in [0.15, 0.2) is 63.4 Å². The lowest BCUT2D eigenvalue weighted by atomic mass is 10.3. The maximum atomic E-state index is 11.8. The molecule has 25 heavy (non-hydrogen) atoms. The van der Waals surface area contributed by atoms with Gasteiger partial charge in [0.05, 0.1) is 22.6 Å². The van der Waals surface area contributed by atoms with Gasteiger partial charge in [0.2, 0.25) is 0 Å². The van der Waals surface area contributed by atoms with E-state index in [2.05, 4.69) is 10.5 Å². The molecule has 2 rings (SSSR count). The van der Waals surface area contributed by atoms with Gasteiger partial charge in [0.25, 0.3) is 0 Å². The molecule has 0 amide bonds. The molecular weight excluding hydrogens is 376 g/mol. The lowest BCUT2D eigenvalue weighted by Gasteiger charge is -2.06. The molecule has 0 heterocycles. The first-order valence-corrected chi connectivity index (χ1v) is 11.0. The first-order chi connectivity index (χ1) is 12.0. The number of carbonyl (C=O) groups is 1. The van der Waals surface area contributed by atoms with E-state index < -0.39 is 9.83 Å². The Hall–Kier alpha value is -1.77. The van der Waals surface area contributed by atoms with Gasteiger partial charge in [-0.15, -0.1) is 0 Å². The molecule has 2 aromatic carbocycles. The number of thioether (sulfide) groups is 1. The van der Waals surface area contributed by atoms with Crippen molar-refractivity contribution < 1.29 is 13.7 Å². The van der Waals surface area contributed by atoms with Crippen molar-refractivity contribution in [3.8, 4) is 5.75 Å². The smallest absolute Gasteiger partial charge is 0.186 e. The molecule has 0 aliphatic rings. The zero-order valence-corrected chi connectivity index (χ0v) is 16.5. The number of hydrogen-bond acceptors (Lipinski definition) is 7. The number of ketones is 1. The quantitative estimate of drug-likeness (QED) is 0.250. The summed E-state index contributed by atoms with van der Waals surface area (Å²) in [6.45, 7) is 1.48. The number of hydrazone groups is 1. The summed E-state index contributed by atoms with van der Waals surface area (Å²) >= 11 is 1.28. The largest absolute Gasteiger partial charge is 0.497 e. The Kier molecular flexibility index (Phi) is 7.54. The number of anilines is 1. The fourth-order valence-electron chi connectivity index (χ4n) is 1.76. The molecule has 0 aliphatic carbocycles. The number of methoxy groups -OCH3 is 1. The number of Topliss-reactive ketones (excluding diaryl/α,β-unsaturated/α-hetero) is 1. The third-order valence-corrected chi connectivity index (χ3v) is 5.99. The molecule has 132 valence electrons. The summed E-state index contributed by atoms with van der Waals surface area (Å²) in [7, 11) is 1.94. The van der Waals surface area contributed by atoms with Crippen LogP contribution in [0.3, 0.4) is 0 Å². The fraction of sp³-hybridized carbons (Fsp3) is 0.176. The van der Waals surface area contributed by atoms with E-state index >= 15 is 0 Å². The third-order valence-electron chi connectivity index (χ3n) is 2.93. The van der Waals surface area contributed by atoms with Crippen molar-refractivity contribution in [3.05, 3.63) is 48.5 Å². The van der Waals surface area contributed by atoms with Crippen LogP contribution in [-0.4, -0.2) is 28.4 Å². The molecule has 2 aromatic rings. The predicted molar refractivity (Wildman–Crippen MR) is 107 cm³/mol. The monoisotopic (exact) mass is 394 g/mol. The van der Waals surface area contributed by atoms with Gasteiger partial charge in [0, 0.05) is 23.0 Å². The molecule has 0 saturated carbocycles. The summed E-state index contributed by atoms with van der Waals surface area (Å²) in [5.74, 6) is 0.626. The molecule has 1 unspecified atom stereocenters. The fourth-order valence-corrected chi connectivity index (χ4v) is 4.16. The van der Waals surface area contributed by atoms with E-state index in [4.69, 9.17) is 4.74 Å². The Bertz CT molecular complexity index is 775. The van der Waals surface area contributed by atoms with Gasteiger partial charge in [-0.1, -0.05) is 11.8 Å². The van der Waals surface area contributed by atoms with Crippen molar-refractivity contribution in [1.82, 2.24) is 0 Å². The highest BCUT2D eigenvalue weighted by molar-refractivity contribution is 8.68. The number of ether oxygens (including phenoxy) is 1. The summed E-state index contributed by atoms with van der Waals surface area (Å²) in [4.78, 5) is 13.6. The van der Waals surface area contributed by atoms with Crippen LogP contribution in [0.1, 0.15) is 6.92 Å². The second-order valence-corrected chi connectivity index (χ2v) is 9.28. The van der Waals surface area contributed by atoms with Gasteiger partial charge < -0.3 is 4.74 Å². The van der Waals surface area contributed by atoms with Crippen molar-refractivity contribution in [2.75, 3.05) is 18.8 Å². The van der Waals surface area contributed by atoms with E-state index in [1.165, 1.54) is 29.5 Å². The Morgan fingerprint density at radius 1 is 1.08 bits per heavy atom. The average Bonchev–Trinajstić information content (AvgIpc) is 2.59. The summed E-state index contributed by atoms with van der Waals surface area (Å²) < 4.78 is 16.3. The zero-order chi connectivity index (χ0) is 18.2. The molecule has 1 atom stereocenters. The zero-order valence-electron chi connectivity index (χ0n) is 14.0. The van der Waals surface area contributed by atoms with Gasteiger partial charge in [0.1, 0.15) is 5.75 Å². The van der Waals surface area contributed by atoms with Crippen LogP contribution in [0.5, 0.6) is 5.75 Å². The second-order valence-electron chi connectivity index (χ2n) is 4.87. The predicted octanol–water partition coefficient (Wildman–Crippen LogP) is 4.19. The highest BCUT2D eigenvalue weighted by Crippen LogP contribution is 2.26. The Morgan fingerprint density at radius 3 is 2.20 bits per heavy atom.